The van der Waals surface area contributed by atoms with Gasteiger partial charge in [0.2, 0.25) is 5.91 Å². The molecule has 2 aromatic rings. The highest BCUT2D eigenvalue weighted by molar-refractivity contribution is 6.09. The second-order valence-corrected chi connectivity index (χ2v) is 7.17. The van der Waals surface area contributed by atoms with E-state index in [4.69, 9.17) is 5.41 Å². The standard InChI is InChI=1S/C21H27N5O/c1-15-5-7-26(8-6-15)14-21(27)25-20-10-18-9-16(19(11-22)12-23-2)3-4-17(18)13-24-20/h3-4,9-13,15,22-23H,5-8,14H2,1-2H3,(H,24,25,27)/b19-12+,22-11?. The molecule has 0 atom stereocenters. The monoisotopic (exact) mass is 365 g/mol. The summed E-state index contributed by atoms with van der Waals surface area (Å²) in [6.45, 7) is 4.64. The summed E-state index contributed by atoms with van der Waals surface area (Å²) in [6.07, 6.45) is 7.18. The molecule has 1 aromatic carbocycles. The van der Waals surface area contributed by atoms with Crippen LogP contribution in [0.15, 0.2) is 36.7 Å². The predicted octanol–water partition coefficient (Wildman–Crippen LogP) is 3.12. The third-order valence-electron chi connectivity index (χ3n) is 5.02. The van der Waals surface area contributed by atoms with Crippen molar-refractivity contribution in [3.8, 4) is 0 Å². The van der Waals surface area contributed by atoms with Crippen LogP contribution in [0.5, 0.6) is 0 Å². The topological polar surface area (TPSA) is 81.1 Å². The van der Waals surface area contributed by atoms with E-state index in [9.17, 15) is 4.79 Å². The van der Waals surface area contributed by atoms with Gasteiger partial charge in [-0.2, -0.15) is 0 Å². The van der Waals surface area contributed by atoms with Crippen molar-refractivity contribution in [2.45, 2.75) is 19.8 Å². The van der Waals surface area contributed by atoms with Gasteiger partial charge in [0.15, 0.2) is 0 Å². The molecule has 0 aliphatic carbocycles. The fraction of sp³-hybridized carbons (Fsp3) is 0.381. The Morgan fingerprint density at radius 1 is 1.30 bits per heavy atom. The molecule has 1 fully saturated rings. The quantitative estimate of drug-likeness (QED) is 0.687. The van der Waals surface area contributed by atoms with E-state index in [1.807, 2.05) is 31.3 Å². The van der Waals surface area contributed by atoms with Crippen molar-refractivity contribution in [1.82, 2.24) is 15.2 Å². The van der Waals surface area contributed by atoms with Crippen LogP contribution in [0.1, 0.15) is 25.3 Å². The van der Waals surface area contributed by atoms with Crippen LogP contribution in [-0.2, 0) is 4.79 Å². The van der Waals surface area contributed by atoms with Crippen molar-refractivity contribution in [1.29, 1.82) is 5.41 Å². The van der Waals surface area contributed by atoms with Crippen molar-refractivity contribution in [2.24, 2.45) is 5.92 Å². The number of pyridine rings is 1. The molecule has 6 nitrogen and oxygen atoms in total. The molecule has 1 aliphatic heterocycles. The summed E-state index contributed by atoms with van der Waals surface area (Å²) in [7, 11) is 1.81. The molecule has 0 saturated carbocycles. The molecule has 6 heteroatoms. The summed E-state index contributed by atoms with van der Waals surface area (Å²) in [6, 6.07) is 7.84. The molecule has 1 aliphatic rings. The second-order valence-electron chi connectivity index (χ2n) is 7.17. The van der Waals surface area contributed by atoms with E-state index in [0.29, 0.717) is 12.4 Å². The maximum Gasteiger partial charge on any atom is 0.239 e. The highest BCUT2D eigenvalue weighted by Crippen LogP contribution is 2.22. The summed E-state index contributed by atoms with van der Waals surface area (Å²) in [5, 5.41) is 15.4. The van der Waals surface area contributed by atoms with Gasteiger partial charge in [-0.15, -0.1) is 0 Å². The number of benzene rings is 1. The van der Waals surface area contributed by atoms with Gasteiger partial charge in [0.25, 0.3) is 0 Å². The van der Waals surface area contributed by atoms with Gasteiger partial charge >= 0.3 is 0 Å². The molecular weight excluding hydrogens is 338 g/mol. The van der Waals surface area contributed by atoms with Crippen molar-refractivity contribution in [3.63, 3.8) is 0 Å². The van der Waals surface area contributed by atoms with Crippen LogP contribution in [0.3, 0.4) is 0 Å². The molecule has 3 N–H and O–H groups in total. The smallest absolute Gasteiger partial charge is 0.239 e. The number of aromatic nitrogens is 1. The molecule has 0 bridgehead atoms. The molecule has 0 unspecified atom stereocenters. The Morgan fingerprint density at radius 2 is 2.07 bits per heavy atom. The van der Waals surface area contributed by atoms with Gasteiger partial charge in [-0.1, -0.05) is 19.1 Å². The minimum absolute atomic E-state index is 0.0252. The molecule has 27 heavy (non-hydrogen) atoms. The van der Waals surface area contributed by atoms with Gasteiger partial charge in [0.1, 0.15) is 5.82 Å². The average molecular weight is 365 g/mol. The summed E-state index contributed by atoms with van der Waals surface area (Å²) < 4.78 is 0. The first-order chi connectivity index (χ1) is 13.1. The normalized spacial score (nSPS) is 16.3. The Balaban J connectivity index is 1.72. The molecule has 0 spiro atoms. The number of carbonyl (C=O) groups excluding carboxylic acids is 1. The molecule has 142 valence electrons. The highest BCUT2D eigenvalue weighted by atomic mass is 16.2. The van der Waals surface area contributed by atoms with Crippen LogP contribution >= 0.6 is 0 Å². The Bertz CT molecular complexity index is 853. The van der Waals surface area contributed by atoms with Crippen molar-refractivity contribution < 1.29 is 4.79 Å². The summed E-state index contributed by atoms with van der Waals surface area (Å²) >= 11 is 0. The first kappa shape index (κ1) is 19.0. The maximum absolute atomic E-state index is 12.4. The molecule has 3 rings (SSSR count). The van der Waals surface area contributed by atoms with Crippen molar-refractivity contribution >= 4 is 34.3 Å². The van der Waals surface area contributed by atoms with Gasteiger partial charge in [-0.3, -0.25) is 9.69 Å². The van der Waals surface area contributed by atoms with Crippen molar-refractivity contribution in [2.75, 3.05) is 32.0 Å². The lowest BCUT2D eigenvalue weighted by Crippen LogP contribution is -2.38. The molecular formula is C21H27N5O. The van der Waals surface area contributed by atoms with Crippen LogP contribution in [-0.4, -0.2) is 48.7 Å². The average Bonchev–Trinajstić information content (AvgIpc) is 2.67. The van der Waals surface area contributed by atoms with E-state index in [1.54, 1.807) is 12.4 Å². The summed E-state index contributed by atoms with van der Waals surface area (Å²) in [5.74, 6) is 1.29. The number of hydrogen-bond donors (Lipinski definition) is 3. The van der Waals surface area contributed by atoms with E-state index in [0.717, 1.165) is 53.8 Å². The number of nitrogens with one attached hydrogen (secondary N) is 3. The van der Waals surface area contributed by atoms with Gasteiger partial charge in [-0.25, -0.2) is 4.98 Å². The highest BCUT2D eigenvalue weighted by Gasteiger charge is 2.18. The van der Waals surface area contributed by atoms with Crippen LogP contribution < -0.4 is 10.6 Å². The number of rotatable bonds is 6. The number of nitrogens with zero attached hydrogens (tertiary/aromatic N) is 2. The third-order valence-corrected chi connectivity index (χ3v) is 5.02. The molecule has 2 heterocycles. The number of anilines is 1. The molecule has 1 saturated heterocycles. The van der Waals surface area contributed by atoms with Gasteiger partial charge < -0.3 is 16.0 Å². The van der Waals surface area contributed by atoms with Crippen LogP contribution in [0, 0.1) is 11.3 Å². The van der Waals surface area contributed by atoms with E-state index in [-0.39, 0.29) is 5.91 Å². The number of hydrogen-bond acceptors (Lipinski definition) is 5. The van der Waals surface area contributed by atoms with E-state index >= 15 is 0 Å². The minimum Gasteiger partial charge on any atom is -0.393 e. The lowest BCUT2D eigenvalue weighted by atomic mass is 9.99. The number of allylic oxidation sites excluding steroid dienone is 1. The molecule has 0 radical (unpaired) electrons. The first-order valence-corrected chi connectivity index (χ1v) is 9.39. The predicted molar refractivity (Wildman–Crippen MR) is 111 cm³/mol. The Morgan fingerprint density at radius 3 is 2.78 bits per heavy atom. The molecule has 1 aromatic heterocycles. The van der Waals surface area contributed by atoms with Crippen molar-refractivity contribution in [3.05, 3.63) is 42.2 Å². The largest absolute Gasteiger partial charge is 0.393 e. The van der Waals surface area contributed by atoms with Crippen LogP contribution in [0.4, 0.5) is 5.82 Å². The fourth-order valence-corrected chi connectivity index (χ4v) is 3.36. The third kappa shape index (κ3) is 4.92. The van der Waals surface area contributed by atoms with Gasteiger partial charge in [0, 0.05) is 36.6 Å². The number of amides is 1. The Kier molecular flexibility index (Phi) is 6.19. The lowest BCUT2D eigenvalue weighted by Gasteiger charge is -2.29. The maximum atomic E-state index is 12.4. The number of piperidine rings is 1. The zero-order valence-electron chi connectivity index (χ0n) is 16.0. The van der Waals surface area contributed by atoms with Gasteiger partial charge in [0.05, 0.1) is 6.54 Å². The zero-order valence-corrected chi connectivity index (χ0v) is 16.0. The second kappa shape index (κ2) is 8.77. The lowest BCUT2D eigenvalue weighted by molar-refractivity contribution is -0.117. The van der Waals surface area contributed by atoms with E-state index < -0.39 is 0 Å². The van der Waals surface area contributed by atoms with Crippen LogP contribution in [0.2, 0.25) is 0 Å². The SMILES string of the molecule is CN/C=C(\C=N)c1ccc2cnc(NC(=O)CN3CCC(C)CC3)cc2c1. The zero-order chi connectivity index (χ0) is 19.2. The van der Waals surface area contributed by atoms with Gasteiger partial charge in [-0.05, 0) is 54.9 Å². The number of fused-ring (bicyclic) bond motifs is 1. The summed E-state index contributed by atoms with van der Waals surface area (Å²) in [5.41, 5.74) is 1.74. The van der Waals surface area contributed by atoms with Crippen LogP contribution in [0.25, 0.3) is 16.3 Å². The summed E-state index contributed by atoms with van der Waals surface area (Å²) in [4.78, 5) is 18.9. The first-order valence-electron chi connectivity index (χ1n) is 9.39. The van der Waals surface area contributed by atoms with E-state index in [1.165, 1.54) is 6.21 Å². The minimum atomic E-state index is -0.0252. The Labute approximate surface area is 160 Å². The van der Waals surface area contributed by atoms with E-state index in [2.05, 4.69) is 27.4 Å². The number of carbonyl (C=O) groups is 1. The fourth-order valence-electron chi connectivity index (χ4n) is 3.36. The Hall–Kier alpha value is -2.73. The molecule has 1 amide bonds. The number of likely N-dealkylation sites (tertiary alicyclic amines) is 1.